The molecule has 0 radical (unpaired) electrons. The molecule has 4 aromatic rings. The molecule has 1 saturated carbocycles. The SMILES string of the molecule is CCCCOc1nc(N)c2c(n1)N(Cc1ccc3c(c1)CN(CC1CC1)CC3)CC(=O)C2.CCCCOc1nc(N)c2c(n1)N(Cc1ccc3c(c1)CNCC3)CC(=O)C2. The van der Waals surface area contributed by atoms with Gasteiger partial charge in [-0.1, -0.05) is 63.1 Å². The van der Waals surface area contributed by atoms with Crippen LogP contribution in [-0.2, 0) is 61.5 Å². The highest BCUT2D eigenvalue weighted by Gasteiger charge is 2.30. The standard InChI is InChI=1S/C25H33N5O2.C21H27N5O2/c1-2-3-10-32-25-27-23(26)22-12-21(31)16-30(24(22)28-25)14-18-6-7-19-8-9-29(13-17-4-5-17)15-20(19)11-18;1-2-3-8-28-21-24-19(22)18-10-17(27)13-26(20(18)25-21)12-14-4-5-15-6-7-23-11-16(15)9-14/h6-7,11,17H,2-5,8-10,12-16H2,1H3,(H2,26,27,28);4-5,9,23H,2-3,6-8,10-13H2,1H3,(H2,22,24,25). The summed E-state index contributed by atoms with van der Waals surface area (Å²) in [6.45, 7) is 12.6. The number of ketones is 2. The van der Waals surface area contributed by atoms with Gasteiger partial charge in [-0.15, -0.1) is 0 Å². The van der Waals surface area contributed by atoms with Crippen LogP contribution in [0.15, 0.2) is 36.4 Å². The molecule has 14 nitrogen and oxygen atoms in total. The Balaban J connectivity index is 0.000000168. The molecule has 0 unspecified atom stereocenters. The summed E-state index contributed by atoms with van der Waals surface area (Å²) < 4.78 is 11.4. The molecule has 2 aromatic carbocycles. The van der Waals surface area contributed by atoms with Crippen molar-refractivity contribution in [2.75, 3.05) is 67.2 Å². The number of anilines is 4. The van der Waals surface area contributed by atoms with Gasteiger partial charge in [0.2, 0.25) is 0 Å². The number of hydrogen-bond acceptors (Lipinski definition) is 14. The zero-order chi connectivity index (χ0) is 41.6. The Morgan fingerprint density at radius 3 is 1.80 bits per heavy atom. The summed E-state index contributed by atoms with van der Waals surface area (Å²) in [6.07, 6.45) is 9.47. The number of nitrogens with two attached hydrogens (primary N) is 2. The molecule has 1 aliphatic carbocycles. The minimum Gasteiger partial charge on any atom is -0.463 e. The number of nitrogen functional groups attached to an aromatic ring is 2. The molecular weight excluding hydrogens is 757 g/mol. The van der Waals surface area contributed by atoms with Crippen molar-refractivity contribution in [1.82, 2.24) is 30.2 Å². The van der Waals surface area contributed by atoms with E-state index in [-0.39, 0.29) is 24.4 Å². The third-order valence-corrected chi connectivity index (χ3v) is 12.0. The van der Waals surface area contributed by atoms with Crippen molar-refractivity contribution in [2.45, 2.75) is 104 Å². The molecule has 5 aliphatic rings. The highest BCUT2D eigenvalue weighted by atomic mass is 16.5. The molecule has 4 aliphatic heterocycles. The largest absolute Gasteiger partial charge is 0.463 e. The van der Waals surface area contributed by atoms with E-state index >= 15 is 0 Å². The van der Waals surface area contributed by atoms with Crippen LogP contribution in [0.25, 0.3) is 0 Å². The van der Waals surface area contributed by atoms with E-state index in [0.29, 0.717) is 68.6 Å². The smallest absolute Gasteiger partial charge is 0.320 e. The van der Waals surface area contributed by atoms with E-state index in [1.54, 1.807) is 0 Å². The zero-order valence-electron chi connectivity index (χ0n) is 35.3. The van der Waals surface area contributed by atoms with Crippen molar-refractivity contribution in [3.05, 3.63) is 80.9 Å². The van der Waals surface area contributed by atoms with E-state index in [0.717, 1.165) is 93.4 Å². The molecule has 9 rings (SSSR count). The second-order valence-corrected chi connectivity index (χ2v) is 17.0. The quantitative estimate of drug-likeness (QED) is 0.142. The molecule has 318 valence electrons. The molecule has 2 aromatic heterocycles. The van der Waals surface area contributed by atoms with Gasteiger partial charge in [-0.25, -0.2) is 0 Å². The first kappa shape index (κ1) is 41.4. The number of benzene rings is 2. The van der Waals surface area contributed by atoms with Crippen LogP contribution < -0.4 is 36.1 Å². The lowest BCUT2D eigenvalue weighted by Crippen LogP contribution is -2.37. The lowest BCUT2D eigenvalue weighted by molar-refractivity contribution is -0.118. The maximum Gasteiger partial charge on any atom is 0.320 e. The Morgan fingerprint density at radius 1 is 0.700 bits per heavy atom. The summed E-state index contributed by atoms with van der Waals surface area (Å²) >= 11 is 0. The topological polar surface area (TPSA) is 178 Å². The van der Waals surface area contributed by atoms with Crippen molar-refractivity contribution >= 4 is 34.8 Å². The first-order chi connectivity index (χ1) is 29.2. The van der Waals surface area contributed by atoms with Gasteiger partial charge in [-0.3, -0.25) is 14.5 Å². The van der Waals surface area contributed by atoms with E-state index in [4.69, 9.17) is 20.9 Å². The van der Waals surface area contributed by atoms with Crippen LogP contribution in [-0.4, -0.2) is 82.3 Å². The lowest BCUT2D eigenvalue weighted by Gasteiger charge is -2.31. The van der Waals surface area contributed by atoms with Crippen molar-refractivity contribution in [3.63, 3.8) is 0 Å². The molecular formula is C46H60N10O4. The van der Waals surface area contributed by atoms with Gasteiger partial charge in [0.1, 0.15) is 23.3 Å². The number of ether oxygens (including phenoxy) is 2. The Kier molecular flexibility index (Phi) is 13.1. The Hall–Kier alpha value is -5.34. The summed E-state index contributed by atoms with van der Waals surface area (Å²) in [5.74, 6) is 3.31. The predicted octanol–water partition coefficient (Wildman–Crippen LogP) is 5.15. The summed E-state index contributed by atoms with van der Waals surface area (Å²) in [6, 6.07) is 13.9. The third kappa shape index (κ3) is 10.2. The van der Waals surface area contributed by atoms with E-state index in [1.807, 2.05) is 9.80 Å². The van der Waals surface area contributed by atoms with Crippen LogP contribution in [0.4, 0.5) is 23.3 Å². The van der Waals surface area contributed by atoms with Gasteiger partial charge < -0.3 is 36.1 Å². The lowest BCUT2D eigenvalue weighted by atomic mass is 9.96. The first-order valence-electron chi connectivity index (χ1n) is 22.0. The van der Waals surface area contributed by atoms with Crippen LogP contribution >= 0.6 is 0 Å². The van der Waals surface area contributed by atoms with Gasteiger partial charge in [0.25, 0.3) is 0 Å². The average molecular weight is 817 g/mol. The molecule has 0 spiro atoms. The molecule has 60 heavy (non-hydrogen) atoms. The van der Waals surface area contributed by atoms with Crippen LogP contribution in [0.5, 0.6) is 12.0 Å². The van der Waals surface area contributed by atoms with Gasteiger partial charge in [-0.05, 0) is 84.4 Å². The van der Waals surface area contributed by atoms with Crippen molar-refractivity contribution in [2.24, 2.45) is 5.92 Å². The summed E-state index contributed by atoms with van der Waals surface area (Å²) in [4.78, 5) is 49.2. The molecule has 1 fully saturated rings. The normalized spacial score (nSPS) is 17.2. The van der Waals surface area contributed by atoms with Crippen LogP contribution in [0.1, 0.15) is 96.9 Å². The molecule has 0 bridgehead atoms. The van der Waals surface area contributed by atoms with Gasteiger partial charge in [0.05, 0.1) is 26.3 Å². The number of unbranched alkanes of at least 4 members (excludes halogenated alkanes) is 2. The average Bonchev–Trinajstić information content (AvgIpc) is 4.06. The summed E-state index contributed by atoms with van der Waals surface area (Å²) in [7, 11) is 0. The molecule has 14 heteroatoms. The number of aromatic nitrogens is 4. The third-order valence-electron chi connectivity index (χ3n) is 12.0. The number of carbonyl (C=O) groups excluding carboxylic acids is 2. The fraction of sp³-hybridized carbons (Fsp3) is 0.522. The van der Waals surface area contributed by atoms with E-state index < -0.39 is 0 Å². The van der Waals surface area contributed by atoms with Gasteiger partial charge in [-0.2, -0.15) is 19.9 Å². The monoisotopic (exact) mass is 816 g/mol. The Morgan fingerprint density at radius 2 is 1.25 bits per heavy atom. The van der Waals surface area contributed by atoms with E-state index in [2.05, 4.69) is 80.4 Å². The fourth-order valence-corrected chi connectivity index (χ4v) is 8.55. The molecule has 5 N–H and O–H groups in total. The van der Waals surface area contributed by atoms with E-state index in [9.17, 15) is 9.59 Å². The molecule has 0 saturated heterocycles. The highest BCUT2D eigenvalue weighted by molar-refractivity contribution is 5.92. The Bertz CT molecular complexity index is 2190. The van der Waals surface area contributed by atoms with Crippen LogP contribution in [0.2, 0.25) is 0 Å². The first-order valence-corrected chi connectivity index (χ1v) is 22.0. The van der Waals surface area contributed by atoms with Crippen molar-refractivity contribution in [1.29, 1.82) is 0 Å². The summed E-state index contributed by atoms with van der Waals surface area (Å²) in [5.41, 5.74) is 21.7. The molecule has 0 atom stereocenters. The van der Waals surface area contributed by atoms with Gasteiger partial charge in [0, 0.05) is 63.2 Å². The number of rotatable bonds is 14. The van der Waals surface area contributed by atoms with Gasteiger partial charge in [0.15, 0.2) is 11.6 Å². The number of nitrogens with zero attached hydrogens (tertiary/aromatic N) is 7. The predicted molar refractivity (Wildman–Crippen MR) is 233 cm³/mol. The maximum atomic E-state index is 12.5. The zero-order valence-corrected chi connectivity index (χ0v) is 35.3. The molecule has 6 heterocycles. The van der Waals surface area contributed by atoms with E-state index in [1.165, 1.54) is 47.2 Å². The number of carbonyl (C=O) groups is 2. The van der Waals surface area contributed by atoms with Crippen LogP contribution in [0.3, 0.4) is 0 Å². The number of nitrogens with one attached hydrogen (secondary N) is 1. The highest BCUT2D eigenvalue weighted by Crippen LogP contribution is 2.34. The van der Waals surface area contributed by atoms with Crippen molar-refractivity contribution in [3.8, 4) is 12.0 Å². The summed E-state index contributed by atoms with van der Waals surface area (Å²) in [5, 5.41) is 3.41. The maximum absolute atomic E-state index is 12.5. The van der Waals surface area contributed by atoms with Crippen molar-refractivity contribution < 1.29 is 19.1 Å². The fourth-order valence-electron chi connectivity index (χ4n) is 8.55. The molecule has 0 amide bonds. The second kappa shape index (κ2) is 18.9. The Labute approximate surface area is 353 Å². The minimum absolute atomic E-state index is 0.127. The number of Topliss-reactive ketones (excluding diaryl/α,β-unsaturated/α-hetero) is 2. The van der Waals surface area contributed by atoms with Gasteiger partial charge >= 0.3 is 12.0 Å². The minimum atomic E-state index is 0.127. The number of fused-ring (bicyclic) bond motifs is 4. The second-order valence-electron chi connectivity index (χ2n) is 17.0. The number of hydrogen-bond donors (Lipinski definition) is 3. The van der Waals surface area contributed by atoms with Crippen LogP contribution in [0, 0.1) is 5.92 Å².